The lowest BCUT2D eigenvalue weighted by atomic mass is 10.2. The van der Waals surface area contributed by atoms with Crippen LogP contribution in [0.2, 0.25) is 0 Å². The summed E-state index contributed by atoms with van der Waals surface area (Å²) < 4.78 is 18.9. The summed E-state index contributed by atoms with van der Waals surface area (Å²) in [5, 5.41) is 0. The summed E-state index contributed by atoms with van der Waals surface area (Å²) in [5.74, 6) is 0.501. The molecule has 2 N–H and O–H groups in total. The standard InChI is InChI=1S/C15H11ClFN3O/c16-8-14(18)19-11-4-5-13-12(7-11)20-15(21-13)9-2-1-3-10(17)6-9/h1-7H,8H2,(H2,18,19). The predicted molar refractivity (Wildman–Crippen MR) is 81.4 cm³/mol. The molecule has 4 nitrogen and oxygen atoms in total. The molecule has 0 aliphatic rings. The summed E-state index contributed by atoms with van der Waals surface area (Å²) in [5.41, 5.74) is 8.03. The number of alkyl halides is 1. The highest BCUT2D eigenvalue weighted by atomic mass is 35.5. The number of nitrogens with zero attached hydrogens (tertiary/aromatic N) is 2. The number of halogens is 2. The number of oxazole rings is 1. The van der Waals surface area contributed by atoms with Gasteiger partial charge in [-0.05, 0) is 36.4 Å². The van der Waals surface area contributed by atoms with Crippen molar-refractivity contribution >= 4 is 34.2 Å². The van der Waals surface area contributed by atoms with Crippen LogP contribution in [0.5, 0.6) is 0 Å². The fourth-order valence-corrected chi connectivity index (χ4v) is 1.99. The van der Waals surface area contributed by atoms with Gasteiger partial charge in [-0.3, -0.25) is 0 Å². The molecule has 0 saturated heterocycles. The maximum absolute atomic E-state index is 13.2. The van der Waals surface area contributed by atoms with E-state index in [2.05, 4.69) is 9.98 Å². The molecule has 106 valence electrons. The molecular formula is C15H11ClFN3O. The third-order valence-electron chi connectivity index (χ3n) is 2.85. The summed E-state index contributed by atoms with van der Waals surface area (Å²) in [6, 6.07) is 11.3. The summed E-state index contributed by atoms with van der Waals surface area (Å²) >= 11 is 5.59. The van der Waals surface area contributed by atoms with Gasteiger partial charge in [0.2, 0.25) is 5.89 Å². The van der Waals surface area contributed by atoms with Gasteiger partial charge in [0.1, 0.15) is 17.2 Å². The van der Waals surface area contributed by atoms with E-state index in [1.807, 2.05) is 0 Å². The first-order valence-corrected chi connectivity index (χ1v) is 6.75. The van der Waals surface area contributed by atoms with Gasteiger partial charge in [-0.2, -0.15) is 0 Å². The molecule has 0 radical (unpaired) electrons. The van der Waals surface area contributed by atoms with Gasteiger partial charge in [-0.15, -0.1) is 11.6 Å². The minimum absolute atomic E-state index is 0.158. The quantitative estimate of drug-likeness (QED) is 0.454. The minimum atomic E-state index is -0.338. The van der Waals surface area contributed by atoms with Crippen molar-refractivity contribution in [1.82, 2.24) is 4.98 Å². The van der Waals surface area contributed by atoms with Crippen molar-refractivity contribution in [1.29, 1.82) is 0 Å². The molecule has 6 heteroatoms. The van der Waals surface area contributed by atoms with Crippen LogP contribution in [0.25, 0.3) is 22.6 Å². The molecule has 0 amide bonds. The Bertz CT molecular complexity index is 829. The average Bonchev–Trinajstić information content (AvgIpc) is 2.90. The van der Waals surface area contributed by atoms with Crippen LogP contribution in [-0.2, 0) is 0 Å². The Hall–Kier alpha value is -2.40. The number of fused-ring (bicyclic) bond motifs is 1. The van der Waals surface area contributed by atoms with E-state index >= 15 is 0 Å². The van der Waals surface area contributed by atoms with Crippen LogP contribution in [0.1, 0.15) is 0 Å². The highest BCUT2D eigenvalue weighted by molar-refractivity contribution is 6.28. The molecule has 0 saturated carbocycles. The summed E-state index contributed by atoms with van der Waals surface area (Å²) in [4.78, 5) is 8.49. The highest BCUT2D eigenvalue weighted by Gasteiger charge is 2.09. The number of benzene rings is 2. The predicted octanol–water partition coefficient (Wildman–Crippen LogP) is 3.86. The lowest BCUT2D eigenvalue weighted by Gasteiger charge is -1.95. The van der Waals surface area contributed by atoms with Crippen molar-refractivity contribution in [2.75, 3.05) is 5.88 Å². The fraction of sp³-hybridized carbons (Fsp3) is 0.0667. The zero-order valence-corrected chi connectivity index (χ0v) is 11.6. The lowest BCUT2D eigenvalue weighted by molar-refractivity contribution is 0.611. The minimum Gasteiger partial charge on any atom is -0.436 e. The van der Waals surface area contributed by atoms with Gasteiger partial charge < -0.3 is 10.2 Å². The number of rotatable bonds is 3. The first-order chi connectivity index (χ1) is 10.2. The SMILES string of the molecule is NC(CCl)=Nc1ccc2oc(-c3cccc(F)c3)nc2c1. The van der Waals surface area contributed by atoms with E-state index in [4.69, 9.17) is 21.8 Å². The smallest absolute Gasteiger partial charge is 0.227 e. The first kappa shape index (κ1) is 13.6. The van der Waals surface area contributed by atoms with Gasteiger partial charge in [0.15, 0.2) is 5.58 Å². The second kappa shape index (κ2) is 5.54. The molecule has 21 heavy (non-hydrogen) atoms. The first-order valence-electron chi connectivity index (χ1n) is 6.21. The molecule has 0 bridgehead atoms. The van der Waals surface area contributed by atoms with Crippen molar-refractivity contribution in [3.05, 3.63) is 48.3 Å². The van der Waals surface area contributed by atoms with E-state index in [1.54, 1.807) is 30.3 Å². The van der Waals surface area contributed by atoms with Gasteiger partial charge in [0.25, 0.3) is 0 Å². The Morgan fingerprint density at radius 2 is 2.14 bits per heavy atom. The summed E-state index contributed by atoms with van der Waals surface area (Å²) in [6.07, 6.45) is 0. The normalized spacial score (nSPS) is 12.0. The van der Waals surface area contributed by atoms with Crippen LogP contribution in [0.3, 0.4) is 0 Å². The number of hydrogen-bond acceptors (Lipinski definition) is 3. The molecule has 0 aliphatic carbocycles. The second-order valence-electron chi connectivity index (χ2n) is 4.42. The van der Waals surface area contributed by atoms with Crippen molar-refractivity contribution < 1.29 is 8.81 Å². The topological polar surface area (TPSA) is 64.4 Å². The van der Waals surface area contributed by atoms with E-state index in [9.17, 15) is 4.39 Å². The Morgan fingerprint density at radius 3 is 2.90 bits per heavy atom. The highest BCUT2D eigenvalue weighted by Crippen LogP contribution is 2.27. The van der Waals surface area contributed by atoms with Crippen LogP contribution in [0.15, 0.2) is 51.9 Å². The molecule has 1 aromatic heterocycles. The lowest BCUT2D eigenvalue weighted by Crippen LogP contribution is -2.12. The molecule has 0 spiro atoms. The fourth-order valence-electron chi connectivity index (χ4n) is 1.93. The molecule has 3 rings (SSSR count). The number of aromatic nitrogens is 1. The van der Waals surface area contributed by atoms with E-state index in [-0.39, 0.29) is 11.7 Å². The van der Waals surface area contributed by atoms with Gasteiger partial charge in [-0.25, -0.2) is 14.4 Å². The van der Waals surface area contributed by atoms with Crippen LogP contribution in [0, 0.1) is 5.82 Å². The van der Waals surface area contributed by atoms with Gasteiger partial charge in [-0.1, -0.05) is 6.07 Å². The van der Waals surface area contributed by atoms with E-state index in [1.165, 1.54) is 12.1 Å². The van der Waals surface area contributed by atoms with Crippen LogP contribution in [0.4, 0.5) is 10.1 Å². The number of amidine groups is 1. The van der Waals surface area contributed by atoms with Crippen molar-refractivity contribution in [2.24, 2.45) is 10.7 Å². The number of aliphatic imine (C=N–C) groups is 1. The van der Waals surface area contributed by atoms with E-state index in [0.29, 0.717) is 34.1 Å². The van der Waals surface area contributed by atoms with Gasteiger partial charge in [0, 0.05) is 5.56 Å². The Labute approximate surface area is 125 Å². The molecule has 3 aromatic rings. The molecule has 0 fully saturated rings. The van der Waals surface area contributed by atoms with Crippen LogP contribution >= 0.6 is 11.6 Å². The number of hydrogen-bond donors (Lipinski definition) is 1. The van der Waals surface area contributed by atoms with Crippen molar-refractivity contribution in [3.8, 4) is 11.5 Å². The Balaban J connectivity index is 2.04. The Kier molecular flexibility index (Phi) is 3.58. The molecule has 0 aliphatic heterocycles. The number of nitrogens with two attached hydrogens (primary N) is 1. The van der Waals surface area contributed by atoms with Gasteiger partial charge in [0.05, 0.1) is 11.6 Å². The second-order valence-corrected chi connectivity index (χ2v) is 4.69. The maximum atomic E-state index is 13.2. The molecule has 0 unspecified atom stereocenters. The zero-order chi connectivity index (χ0) is 14.8. The van der Waals surface area contributed by atoms with Crippen molar-refractivity contribution in [2.45, 2.75) is 0 Å². The third kappa shape index (κ3) is 2.87. The molecule has 2 aromatic carbocycles. The monoisotopic (exact) mass is 303 g/mol. The van der Waals surface area contributed by atoms with Gasteiger partial charge >= 0.3 is 0 Å². The van der Waals surface area contributed by atoms with E-state index < -0.39 is 0 Å². The molecule has 1 heterocycles. The van der Waals surface area contributed by atoms with Crippen LogP contribution in [-0.4, -0.2) is 16.7 Å². The summed E-state index contributed by atoms with van der Waals surface area (Å²) in [6.45, 7) is 0. The maximum Gasteiger partial charge on any atom is 0.227 e. The van der Waals surface area contributed by atoms with Crippen molar-refractivity contribution in [3.63, 3.8) is 0 Å². The summed E-state index contributed by atoms with van der Waals surface area (Å²) in [7, 11) is 0. The van der Waals surface area contributed by atoms with Crippen LogP contribution < -0.4 is 5.73 Å². The zero-order valence-electron chi connectivity index (χ0n) is 10.9. The molecule has 0 atom stereocenters. The molecular weight excluding hydrogens is 293 g/mol. The Morgan fingerprint density at radius 1 is 1.29 bits per heavy atom. The largest absolute Gasteiger partial charge is 0.436 e. The third-order valence-corrected chi connectivity index (χ3v) is 3.13. The van der Waals surface area contributed by atoms with E-state index in [0.717, 1.165) is 0 Å². The average molecular weight is 304 g/mol.